The number of carbonyl (C=O) groups excluding carboxylic acids is 1. The molecule has 0 radical (unpaired) electrons. The second-order valence-electron chi connectivity index (χ2n) is 7.95. The van der Waals surface area contributed by atoms with Gasteiger partial charge in [-0.1, -0.05) is 13.8 Å². The fourth-order valence-corrected chi connectivity index (χ4v) is 4.23. The van der Waals surface area contributed by atoms with Crippen LogP contribution in [0, 0.1) is 29.8 Å². The van der Waals surface area contributed by atoms with Gasteiger partial charge in [-0.3, -0.25) is 15.5 Å². The molecule has 6 N–H and O–H groups in total. The highest BCUT2D eigenvalue weighted by molar-refractivity contribution is 8.00. The summed E-state index contributed by atoms with van der Waals surface area (Å²) in [6, 6.07) is 5.33. The standard InChI is InChI=1S/C23H25F3N6OS/c1-11(2)34-19-8-17(12(3)5-16(19)27)30-23-31-22(33)21(28)18(9-29-4)32(23)10-13-6-14(24)20(26)15(25)7-13/h5-9,11,28-29H,10,27H2,1-4H3,(H,30,31,33)/p+1/b18-9+,28-21?. The quantitative estimate of drug-likeness (QED) is 0.283. The molecule has 2 aromatic rings. The van der Waals surface area contributed by atoms with E-state index in [1.807, 2.05) is 20.8 Å². The summed E-state index contributed by atoms with van der Waals surface area (Å²) in [7, 11) is 1.71. The number of quaternary nitrogens is 1. The maximum absolute atomic E-state index is 13.9. The number of nitrogens with one attached hydrogen (secondary N) is 2. The van der Waals surface area contributed by atoms with Crippen LogP contribution in [-0.2, 0) is 11.3 Å². The van der Waals surface area contributed by atoms with Gasteiger partial charge in [0.1, 0.15) is 17.6 Å². The van der Waals surface area contributed by atoms with Gasteiger partial charge in [0.05, 0.1) is 19.3 Å². The Morgan fingerprint density at radius 2 is 1.88 bits per heavy atom. The first kappa shape index (κ1) is 25.3. The van der Waals surface area contributed by atoms with Crippen LogP contribution in [0.15, 0.2) is 46.1 Å². The number of hydrogen-bond donors (Lipinski definition) is 4. The smallest absolute Gasteiger partial charge is 0.278 e. The summed E-state index contributed by atoms with van der Waals surface area (Å²) < 4.78 is 41.2. The minimum Gasteiger partial charge on any atom is -0.398 e. The number of anilines is 1. The van der Waals surface area contributed by atoms with Gasteiger partial charge in [-0.2, -0.15) is 0 Å². The van der Waals surface area contributed by atoms with Crippen molar-refractivity contribution in [1.29, 1.82) is 5.41 Å². The second-order valence-corrected chi connectivity index (χ2v) is 9.57. The number of thioether (sulfide) groups is 1. The Morgan fingerprint density at radius 3 is 2.47 bits per heavy atom. The molecule has 1 heterocycles. The van der Waals surface area contributed by atoms with Gasteiger partial charge in [0, 0.05) is 15.8 Å². The van der Waals surface area contributed by atoms with Crippen molar-refractivity contribution in [1.82, 2.24) is 10.2 Å². The molecule has 11 heteroatoms. The minimum atomic E-state index is -1.57. The number of nitrogens with zero attached hydrogens (tertiary/aromatic N) is 2. The predicted octanol–water partition coefficient (Wildman–Crippen LogP) is 3.17. The molecule has 1 amide bonds. The summed E-state index contributed by atoms with van der Waals surface area (Å²) in [6.45, 7) is 5.71. The molecule has 1 aliphatic heterocycles. The van der Waals surface area contributed by atoms with E-state index in [9.17, 15) is 18.0 Å². The van der Waals surface area contributed by atoms with Gasteiger partial charge in [0.15, 0.2) is 17.5 Å². The number of hydrogen-bond acceptors (Lipinski definition) is 5. The third-order valence-electron chi connectivity index (χ3n) is 4.88. The molecule has 0 aromatic heterocycles. The van der Waals surface area contributed by atoms with Crippen LogP contribution in [0.2, 0.25) is 0 Å². The summed E-state index contributed by atoms with van der Waals surface area (Å²) in [4.78, 5) is 19.4. The number of halogens is 3. The fourth-order valence-electron chi connectivity index (χ4n) is 3.35. The van der Waals surface area contributed by atoms with E-state index in [-0.39, 0.29) is 34.7 Å². The zero-order valence-corrected chi connectivity index (χ0v) is 20.0. The van der Waals surface area contributed by atoms with Crippen molar-refractivity contribution < 1.29 is 23.3 Å². The number of rotatable bonds is 6. The molecule has 34 heavy (non-hydrogen) atoms. The van der Waals surface area contributed by atoms with Gasteiger partial charge in [-0.15, -0.1) is 11.8 Å². The van der Waals surface area contributed by atoms with Gasteiger partial charge in [-0.25, -0.2) is 18.2 Å². The molecule has 0 unspecified atom stereocenters. The van der Waals surface area contributed by atoms with E-state index in [4.69, 9.17) is 11.1 Å². The Hall–Kier alpha value is -3.31. The van der Waals surface area contributed by atoms with Crippen molar-refractivity contribution in [3.8, 4) is 0 Å². The van der Waals surface area contributed by atoms with E-state index in [0.717, 1.165) is 22.6 Å². The Balaban J connectivity index is 2.13. The van der Waals surface area contributed by atoms with E-state index in [1.165, 1.54) is 11.1 Å². The lowest BCUT2D eigenvalue weighted by Gasteiger charge is -2.32. The Bertz CT molecular complexity index is 1190. The van der Waals surface area contributed by atoms with Gasteiger partial charge in [0.25, 0.3) is 5.91 Å². The van der Waals surface area contributed by atoms with Crippen molar-refractivity contribution in [3.05, 3.63) is 64.7 Å². The molecule has 180 valence electrons. The average molecular weight is 492 g/mol. The lowest BCUT2D eigenvalue weighted by atomic mass is 10.1. The highest BCUT2D eigenvalue weighted by Gasteiger charge is 2.33. The van der Waals surface area contributed by atoms with E-state index in [1.54, 1.807) is 36.3 Å². The lowest BCUT2D eigenvalue weighted by molar-refractivity contribution is -0.557. The Labute approximate surface area is 199 Å². The highest BCUT2D eigenvalue weighted by atomic mass is 32.2. The molecular weight excluding hydrogens is 465 g/mol. The summed E-state index contributed by atoms with van der Waals surface area (Å²) in [5, 5.41) is 12.7. The summed E-state index contributed by atoms with van der Waals surface area (Å²) >= 11 is 1.56. The molecule has 1 aliphatic rings. The van der Waals surface area contributed by atoms with E-state index in [2.05, 4.69) is 10.3 Å². The summed E-state index contributed by atoms with van der Waals surface area (Å²) in [5.41, 5.74) is 7.97. The number of aryl methyl sites for hydroxylation is 1. The molecular formula is C23H26F3N6OS+. The van der Waals surface area contributed by atoms with Crippen molar-refractivity contribution in [2.24, 2.45) is 4.99 Å². The van der Waals surface area contributed by atoms with Crippen molar-refractivity contribution in [2.45, 2.75) is 37.5 Å². The van der Waals surface area contributed by atoms with Crippen LogP contribution >= 0.6 is 11.8 Å². The van der Waals surface area contributed by atoms with Crippen LogP contribution in [0.25, 0.3) is 0 Å². The first-order valence-corrected chi connectivity index (χ1v) is 11.4. The second kappa shape index (κ2) is 10.3. The summed E-state index contributed by atoms with van der Waals surface area (Å²) in [5.74, 6) is -4.84. The predicted molar refractivity (Wildman–Crippen MR) is 127 cm³/mol. The molecule has 1 saturated heterocycles. The van der Waals surface area contributed by atoms with Crippen LogP contribution in [-0.4, -0.2) is 34.8 Å². The number of nitrogen functional groups attached to an aromatic ring is 1. The minimum absolute atomic E-state index is 0.0626. The van der Waals surface area contributed by atoms with E-state index < -0.39 is 23.4 Å². The number of guanidine groups is 1. The average Bonchev–Trinajstić information content (AvgIpc) is 2.75. The number of nitrogens with two attached hydrogens (primary N) is 2. The Morgan fingerprint density at radius 1 is 1.24 bits per heavy atom. The highest BCUT2D eigenvalue weighted by Crippen LogP contribution is 2.35. The van der Waals surface area contributed by atoms with E-state index in [0.29, 0.717) is 11.4 Å². The number of benzene rings is 2. The van der Waals surface area contributed by atoms with Crippen LogP contribution in [0.4, 0.5) is 24.5 Å². The maximum atomic E-state index is 13.9. The maximum Gasteiger partial charge on any atom is 0.278 e. The van der Waals surface area contributed by atoms with E-state index >= 15 is 0 Å². The number of carbonyl (C=O) groups is 1. The van der Waals surface area contributed by atoms with Crippen LogP contribution in [0.5, 0.6) is 0 Å². The SMILES string of the molecule is C[NH2+]/C=C1\C(=N)C(=O)NC(=Nc2cc(SC(C)C)c(N)cc2C)N1Cc1cc(F)c(F)c(F)c1. The molecule has 0 aliphatic carbocycles. The first-order chi connectivity index (χ1) is 16.0. The fraction of sp³-hybridized carbons (Fsp3) is 0.261. The molecule has 1 fully saturated rings. The molecule has 0 atom stereocenters. The molecule has 3 rings (SSSR count). The van der Waals surface area contributed by atoms with Gasteiger partial charge in [0.2, 0.25) is 5.96 Å². The monoisotopic (exact) mass is 491 g/mol. The van der Waals surface area contributed by atoms with Crippen LogP contribution < -0.4 is 16.4 Å². The van der Waals surface area contributed by atoms with Gasteiger partial charge < -0.3 is 16.0 Å². The zero-order valence-electron chi connectivity index (χ0n) is 19.2. The third kappa shape index (κ3) is 5.42. The molecule has 0 bridgehead atoms. The number of amides is 1. The molecule has 2 aromatic carbocycles. The molecule has 0 spiro atoms. The number of aliphatic imine (C=N–C) groups is 1. The first-order valence-electron chi connectivity index (χ1n) is 10.5. The third-order valence-corrected chi connectivity index (χ3v) is 5.96. The van der Waals surface area contributed by atoms with Gasteiger partial charge >= 0.3 is 0 Å². The van der Waals surface area contributed by atoms with Crippen molar-refractivity contribution in [3.63, 3.8) is 0 Å². The van der Waals surface area contributed by atoms with Crippen LogP contribution in [0.3, 0.4) is 0 Å². The normalized spacial score (nSPS) is 16.6. The van der Waals surface area contributed by atoms with Gasteiger partial charge in [-0.05, 0) is 42.3 Å². The van der Waals surface area contributed by atoms with Crippen LogP contribution in [0.1, 0.15) is 25.0 Å². The Kier molecular flexibility index (Phi) is 7.68. The van der Waals surface area contributed by atoms with Crippen molar-refractivity contribution in [2.75, 3.05) is 12.8 Å². The van der Waals surface area contributed by atoms with Crippen molar-refractivity contribution >= 4 is 40.7 Å². The summed E-state index contributed by atoms with van der Waals surface area (Å²) in [6.07, 6.45) is 1.53. The largest absolute Gasteiger partial charge is 0.398 e. The lowest BCUT2D eigenvalue weighted by Crippen LogP contribution is -2.74. The zero-order chi connectivity index (χ0) is 25.2. The molecule has 0 saturated carbocycles. The topological polar surface area (TPSA) is 111 Å². The molecule has 7 nitrogen and oxygen atoms in total.